The number of ether oxygens (including phenoxy) is 1. The predicted octanol–water partition coefficient (Wildman–Crippen LogP) is 4.72. The van der Waals surface area contributed by atoms with E-state index in [-0.39, 0.29) is 11.4 Å². The van der Waals surface area contributed by atoms with Gasteiger partial charge in [0.2, 0.25) is 0 Å². The largest absolute Gasteiger partial charge is 0.496 e. The van der Waals surface area contributed by atoms with Gasteiger partial charge in [-0.1, -0.05) is 26.0 Å². The highest BCUT2D eigenvalue weighted by Crippen LogP contribution is 2.33. The normalized spacial score (nSPS) is 11.0. The van der Waals surface area contributed by atoms with Crippen molar-refractivity contribution in [1.82, 2.24) is 9.78 Å². The van der Waals surface area contributed by atoms with Crippen LogP contribution in [-0.2, 0) is 6.54 Å². The van der Waals surface area contributed by atoms with Crippen LogP contribution < -0.4 is 4.74 Å². The maximum Gasteiger partial charge on any atom is 0.335 e. The Morgan fingerprint density at radius 3 is 2.63 bits per heavy atom. The van der Waals surface area contributed by atoms with Crippen molar-refractivity contribution < 1.29 is 19.0 Å². The van der Waals surface area contributed by atoms with E-state index in [1.165, 1.54) is 25.3 Å². The van der Waals surface area contributed by atoms with Gasteiger partial charge in [0.15, 0.2) is 0 Å². The second kappa shape index (κ2) is 7.61. The number of carboxylic acids is 1. The summed E-state index contributed by atoms with van der Waals surface area (Å²) in [7, 11) is 1.53. The van der Waals surface area contributed by atoms with Crippen molar-refractivity contribution >= 4 is 5.97 Å². The Balaban J connectivity index is 2.17. The van der Waals surface area contributed by atoms with Gasteiger partial charge in [0.1, 0.15) is 11.6 Å². The van der Waals surface area contributed by atoms with Crippen LogP contribution in [0.25, 0.3) is 22.5 Å². The van der Waals surface area contributed by atoms with Gasteiger partial charge < -0.3 is 9.84 Å². The maximum atomic E-state index is 13.7. The number of hydrogen-bond acceptors (Lipinski definition) is 3. The minimum Gasteiger partial charge on any atom is -0.496 e. The number of hydrogen-bond donors (Lipinski definition) is 1. The van der Waals surface area contributed by atoms with E-state index in [1.54, 1.807) is 18.2 Å². The molecule has 1 N–H and O–H groups in total. The first-order valence-electron chi connectivity index (χ1n) is 8.64. The summed E-state index contributed by atoms with van der Waals surface area (Å²) in [6.07, 6.45) is 0. The molecule has 0 bridgehead atoms. The van der Waals surface area contributed by atoms with Crippen molar-refractivity contribution in [3.8, 4) is 28.3 Å². The lowest BCUT2D eigenvalue weighted by Crippen LogP contribution is -2.08. The van der Waals surface area contributed by atoms with Crippen LogP contribution in [0.4, 0.5) is 4.39 Å². The monoisotopic (exact) mass is 368 g/mol. The number of methoxy groups -OCH3 is 1. The molecule has 0 atom stereocenters. The van der Waals surface area contributed by atoms with Crippen molar-refractivity contribution in [2.45, 2.75) is 20.4 Å². The van der Waals surface area contributed by atoms with Gasteiger partial charge in [-0.25, -0.2) is 9.18 Å². The van der Waals surface area contributed by atoms with E-state index in [4.69, 9.17) is 4.74 Å². The molecule has 0 amide bonds. The van der Waals surface area contributed by atoms with Crippen LogP contribution >= 0.6 is 0 Å². The van der Waals surface area contributed by atoms with Gasteiger partial charge in [-0.2, -0.15) is 5.10 Å². The van der Waals surface area contributed by atoms with E-state index in [0.29, 0.717) is 35.0 Å². The van der Waals surface area contributed by atoms with Crippen LogP contribution in [0.5, 0.6) is 5.75 Å². The molecular formula is C21H21FN2O3. The van der Waals surface area contributed by atoms with Crippen molar-refractivity contribution in [1.29, 1.82) is 0 Å². The Bertz CT molecular complexity index is 979. The van der Waals surface area contributed by atoms with E-state index < -0.39 is 5.97 Å². The molecule has 5 nitrogen and oxygen atoms in total. The van der Waals surface area contributed by atoms with Crippen molar-refractivity contribution in [3.63, 3.8) is 0 Å². The first-order valence-corrected chi connectivity index (χ1v) is 8.64. The van der Waals surface area contributed by atoms with Crippen LogP contribution in [0, 0.1) is 11.7 Å². The molecule has 0 aliphatic carbocycles. The molecule has 0 spiro atoms. The molecule has 3 rings (SSSR count). The molecule has 1 aromatic heterocycles. The number of carbonyl (C=O) groups is 1. The van der Waals surface area contributed by atoms with Crippen molar-refractivity contribution in [2.75, 3.05) is 7.11 Å². The fraction of sp³-hybridized carbons (Fsp3) is 0.238. The molecule has 2 aromatic carbocycles. The lowest BCUT2D eigenvalue weighted by Gasteiger charge is -2.10. The topological polar surface area (TPSA) is 64.3 Å². The zero-order chi connectivity index (χ0) is 19.6. The van der Waals surface area contributed by atoms with Crippen molar-refractivity contribution in [3.05, 3.63) is 59.9 Å². The second-order valence-electron chi connectivity index (χ2n) is 6.72. The van der Waals surface area contributed by atoms with Gasteiger partial charge in [0.25, 0.3) is 0 Å². The Labute approximate surface area is 157 Å². The lowest BCUT2D eigenvalue weighted by molar-refractivity contribution is 0.0697. The molecular weight excluding hydrogens is 347 g/mol. The van der Waals surface area contributed by atoms with Crippen LogP contribution in [-0.4, -0.2) is 28.0 Å². The second-order valence-corrected chi connectivity index (χ2v) is 6.72. The standard InChI is InChI=1S/C21H21FN2O3/c1-13(2)12-24-19(14-5-4-6-16(22)9-14)11-18(23-24)17-10-15(21(25)26)7-8-20(17)27-3/h4-11,13H,12H2,1-3H3,(H,25,26). The van der Waals surface area contributed by atoms with Crippen LogP contribution in [0.1, 0.15) is 24.2 Å². The summed E-state index contributed by atoms with van der Waals surface area (Å²) in [4.78, 5) is 11.4. The SMILES string of the molecule is COc1ccc(C(=O)O)cc1-c1cc(-c2cccc(F)c2)n(CC(C)C)n1. The molecule has 0 radical (unpaired) electrons. The third kappa shape index (κ3) is 4.00. The molecule has 140 valence electrons. The number of nitrogens with zero attached hydrogens (tertiary/aromatic N) is 2. The van der Waals surface area contributed by atoms with Gasteiger partial charge in [0, 0.05) is 17.7 Å². The third-order valence-corrected chi connectivity index (χ3v) is 4.16. The minimum atomic E-state index is -1.02. The fourth-order valence-electron chi connectivity index (χ4n) is 2.95. The van der Waals surface area contributed by atoms with E-state index >= 15 is 0 Å². The average molecular weight is 368 g/mol. The summed E-state index contributed by atoms with van der Waals surface area (Å²) in [5, 5.41) is 14.0. The zero-order valence-corrected chi connectivity index (χ0v) is 15.4. The molecule has 0 saturated heterocycles. The Hall–Kier alpha value is -3.15. The molecule has 0 fully saturated rings. The Morgan fingerprint density at radius 1 is 1.22 bits per heavy atom. The zero-order valence-electron chi connectivity index (χ0n) is 15.4. The number of aromatic nitrogens is 2. The minimum absolute atomic E-state index is 0.150. The smallest absolute Gasteiger partial charge is 0.335 e. The number of benzene rings is 2. The van der Waals surface area contributed by atoms with Crippen LogP contribution in [0.2, 0.25) is 0 Å². The molecule has 27 heavy (non-hydrogen) atoms. The molecule has 0 unspecified atom stereocenters. The third-order valence-electron chi connectivity index (χ3n) is 4.16. The van der Waals surface area contributed by atoms with Gasteiger partial charge in [0.05, 0.1) is 24.1 Å². The van der Waals surface area contributed by atoms with Crippen molar-refractivity contribution in [2.24, 2.45) is 5.92 Å². The van der Waals surface area contributed by atoms with Crippen LogP contribution in [0.15, 0.2) is 48.5 Å². The summed E-state index contributed by atoms with van der Waals surface area (Å²) in [6.45, 7) is 4.79. The molecule has 1 heterocycles. The maximum absolute atomic E-state index is 13.7. The quantitative estimate of drug-likeness (QED) is 0.684. The summed E-state index contributed by atoms with van der Waals surface area (Å²) in [5.41, 5.74) is 2.78. The summed E-state index contributed by atoms with van der Waals surface area (Å²) in [5.74, 6) is -0.486. The van der Waals surface area contributed by atoms with Gasteiger partial charge in [-0.3, -0.25) is 4.68 Å². The molecule has 0 saturated carbocycles. The first-order chi connectivity index (χ1) is 12.9. The van der Waals surface area contributed by atoms with E-state index in [1.807, 2.05) is 16.8 Å². The molecule has 0 aliphatic rings. The fourth-order valence-corrected chi connectivity index (χ4v) is 2.95. The van der Waals surface area contributed by atoms with E-state index in [9.17, 15) is 14.3 Å². The first kappa shape index (κ1) is 18.6. The highest BCUT2D eigenvalue weighted by Gasteiger charge is 2.17. The number of carboxylic acid groups (broad SMARTS) is 1. The van der Waals surface area contributed by atoms with Gasteiger partial charge in [-0.15, -0.1) is 0 Å². The summed E-state index contributed by atoms with van der Waals surface area (Å²) >= 11 is 0. The van der Waals surface area contributed by atoms with Gasteiger partial charge >= 0.3 is 5.97 Å². The number of aromatic carboxylic acids is 1. The Morgan fingerprint density at radius 2 is 2.00 bits per heavy atom. The number of halogens is 1. The Kier molecular flexibility index (Phi) is 5.26. The van der Waals surface area contributed by atoms with E-state index in [0.717, 1.165) is 5.69 Å². The lowest BCUT2D eigenvalue weighted by atomic mass is 10.1. The van der Waals surface area contributed by atoms with Gasteiger partial charge in [-0.05, 0) is 42.3 Å². The van der Waals surface area contributed by atoms with Crippen LogP contribution in [0.3, 0.4) is 0 Å². The molecule has 0 aliphatic heterocycles. The summed E-state index contributed by atoms with van der Waals surface area (Å²) in [6, 6.07) is 12.8. The molecule has 3 aromatic rings. The number of rotatable bonds is 6. The van der Waals surface area contributed by atoms with E-state index in [2.05, 4.69) is 18.9 Å². The summed E-state index contributed by atoms with van der Waals surface area (Å²) < 4.78 is 20.9. The highest BCUT2D eigenvalue weighted by atomic mass is 19.1. The predicted molar refractivity (Wildman–Crippen MR) is 101 cm³/mol. The average Bonchev–Trinajstić information content (AvgIpc) is 3.04. The molecule has 6 heteroatoms. The highest BCUT2D eigenvalue weighted by molar-refractivity contribution is 5.90.